The zero-order chi connectivity index (χ0) is 26.0. The van der Waals surface area contributed by atoms with Gasteiger partial charge in [-0.15, -0.1) is 0 Å². The van der Waals surface area contributed by atoms with Gasteiger partial charge >= 0.3 is 0 Å². The van der Waals surface area contributed by atoms with Gasteiger partial charge in [0, 0.05) is 22.8 Å². The summed E-state index contributed by atoms with van der Waals surface area (Å²) in [4.78, 5) is 13.9. The van der Waals surface area contributed by atoms with Crippen LogP contribution in [0.4, 0.5) is 0 Å². The maximum atomic E-state index is 13.9. The second-order valence-electron chi connectivity index (χ2n) is 9.53. The lowest BCUT2D eigenvalue weighted by Crippen LogP contribution is -2.10. The van der Waals surface area contributed by atoms with Crippen LogP contribution >= 0.6 is 0 Å². The SMILES string of the molecule is COc1c(O)c(CC=C(C)C)c2c(=O)c3c(O)cc(O)c(CC=C(C)C)c3oc2c1CC=C(C)C. The first-order valence-corrected chi connectivity index (χ1v) is 11.6. The maximum Gasteiger partial charge on any atom is 0.204 e. The highest BCUT2D eigenvalue weighted by Crippen LogP contribution is 2.44. The molecule has 0 aliphatic heterocycles. The van der Waals surface area contributed by atoms with Crippen LogP contribution in [0.1, 0.15) is 58.2 Å². The number of methoxy groups -OCH3 is 1. The van der Waals surface area contributed by atoms with Crippen LogP contribution in [-0.2, 0) is 19.3 Å². The molecule has 3 rings (SSSR count). The van der Waals surface area contributed by atoms with Crippen LogP contribution in [0, 0.1) is 0 Å². The van der Waals surface area contributed by atoms with Crippen molar-refractivity contribution in [3.05, 3.63) is 67.9 Å². The fourth-order valence-corrected chi connectivity index (χ4v) is 4.09. The van der Waals surface area contributed by atoms with Gasteiger partial charge < -0.3 is 24.5 Å². The summed E-state index contributed by atoms with van der Waals surface area (Å²) in [6, 6.07) is 1.17. The number of ether oxygens (including phenoxy) is 1. The zero-order valence-corrected chi connectivity index (χ0v) is 21.5. The van der Waals surface area contributed by atoms with E-state index in [4.69, 9.17) is 9.15 Å². The average Bonchev–Trinajstić information content (AvgIpc) is 2.76. The number of phenols is 3. The summed E-state index contributed by atoms with van der Waals surface area (Å²) in [6.07, 6.45) is 6.75. The van der Waals surface area contributed by atoms with Crippen molar-refractivity contribution in [2.45, 2.75) is 60.8 Å². The molecule has 0 aliphatic carbocycles. The molecule has 0 bridgehead atoms. The lowest BCUT2D eigenvalue weighted by atomic mass is 9.94. The van der Waals surface area contributed by atoms with Gasteiger partial charge in [0.15, 0.2) is 11.5 Å². The number of hydrogen-bond acceptors (Lipinski definition) is 6. The summed E-state index contributed by atoms with van der Waals surface area (Å²) in [5.74, 6) is -0.408. The largest absolute Gasteiger partial charge is 0.507 e. The molecule has 0 saturated carbocycles. The zero-order valence-electron chi connectivity index (χ0n) is 21.5. The maximum absolute atomic E-state index is 13.9. The van der Waals surface area contributed by atoms with Crippen LogP contribution in [-0.4, -0.2) is 22.4 Å². The monoisotopic (exact) mass is 478 g/mol. The third kappa shape index (κ3) is 5.06. The predicted octanol–water partition coefficient (Wildman–Crippen LogP) is 6.60. The van der Waals surface area contributed by atoms with Gasteiger partial charge in [-0.2, -0.15) is 0 Å². The Bertz CT molecular complexity index is 1440. The van der Waals surface area contributed by atoms with Crippen LogP contribution in [0.5, 0.6) is 23.0 Å². The van der Waals surface area contributed by atoms with E-state index in [1.54, 1.807) is 0 Å². The van der Waals surface area contributed by atoms with Crippen molar-refractivity contribution in [2.75, 3.05) is 7.11 Å². The molecule has 0 atom stereocenters. The lowest BCUT2D eigenvalue weighted by Gasteiger charge is -2.18. The van der Waals surface area contributed by atoms with Crippen molar-refractivity contribution < 1.29 is 24.5 Å². The first kappa shape index (κ1) is 25.9. The highest BCUT2D eigenvalue weighted by atomic mass is 16.5. The fourth-order valence-electron chi connectivity index (χ4n) is 4.09. The van der Waals surface area contributed by atoms with Crippen molar-refractivity contribution in [3.63, 3.8) is 0 Å². The van der Waals surface area contributed by atoms with E-state index in [1.807, 2.05) is 59.8 Å². The van der Waals surface area contributed by atoms with E-state index in [0.29, 0.717) is 29.5 Å². The topological polar surface area (TPSA) is 100 Å². The Balaban J connectivity index is 2.61. The van der Waals surface area contributed by atoms with Gasteiger partial charge in [-0.3, -0.25) is 4.79 Å². The van der Waals surface area contributed by atoms with E-state index in [2.05, 4.69) is 0 Å². The van der Waals surface area contributed by atoms with Crippen molar-refractivity contribution in [1.29, 1.82) is 0 Å². The van der Waals surface area contributed by atoms with Crippen LogP contribution in [0.15, 0.2) is 50.2 Å². The minimum atomic E-state index is -0.467. The summed E-state index contributed by atoms with van der Waals surface area (Å²) in [6.45, 7) is 11.6. The van der Waals surface area contributed by atoms with Gasteiger partial charge in [-0.25, -0.2) is 0 Å². The van der Waals surface area contributed by atoms with E-state index < -0.39 is 5.43 Å². The molecule has 0 spiro atoms. The predicted molar refractivity (Wildman–Crippen MR) is 141 cm³/mol. The van der Waals surface area contributed by atoms with Crippen LogP contribution < -0.4 is 10.2 Å². The molecular formula is C29H34O6. The second kappa shape index (κ2) is 10.3. The van der Waals surface area contributed by atoms with E-state index in [0.717, 1.165) is 16.7 Å². The Hall–Kier alpha value is -3.67. The molecule has 35 heavy (non-hydrogen) atoms. The molecule has 2 aromatic carbocycles. The molecule has 0 radical (unpaired) electrons. The summed E-state index contributed by atoms with van der Waals surface area (Å²) >= 11 is 0. The van der Waals surface area contributed by atoms with Crippen molar-refractivity contribution in [1.82, 2.24) is 0 Å². The molecule has 1 aromatic heterocycles. The second-order valence-corrected chi connectivity index (χ2v) is 9.53. The Labute approximate surface area is 205 Å². The van der Waals surface area contributed by atoms with Gasteiger partial charge in [-0.1, -0.05) is 34.9 Å². The summed E-state index contributed by atoms with van der Waals surface area (Å²) in [5, 5.41) is 32.7. The Kier molecular flexibility index (Phi) is 7.64. The number of aromatic hydroxyl groups is 3. The van der Waals surface area contributed by atoms with E-state index >= 15 is 0 Å². The molecule has 6 heteroatoms. The minimum absolute atomic E-state index is 0.0244. The van der Waals surface area contributed by atoms with E-state index in [-0.39, 0.29) is 51.4 Å². The van der Waals surface area contributed by atoms with Crippen LogP contribution in [0.2, 0.25) is 0 Å². The number of hydrogen-bond donors (Lipinski definition) is 3. The Morgan fingerprint density at radius 2 is 1.26 bits per heavy atom. The van der Waals surface area contributed by atoms with Crippen molar-refractivity contribution in [2.24, 2.45) is 0 Å². The smallest absolute Gasteiger partial charge is 0.204 e. The Morgan fingerprint density at radius 1 is 0.771 bits per heavy atom. The minimum Gasteiger partial charge on any atom is -0.507 e. The van der Waals surface area contributed by atoms with Gasteiger partial charge in [0.2, 0.25) is 5.43 Å². The quantitative estimate of drug-likeness (QED) is 0.261. The first-order valence-electron chi connectivity index (χ1n) is 11.6. The molecular weight excluding hydrogens is 444 g/mol. The van der Waals surface area contributed by atoms with E-state index in [9.17, 15) is 20.1 Å². The number of phenolic OH excluding ortho intramolecular Hbond substituents is 3. The lowest BCUT2D eigenvalue weighted by molar-refractivity contribution is 0.368. The summed E-state index contributed by atoms with van der Waals surface area (Å²) in [5.41, 5.74) is 4.34. The average molecular weight is 479 g/mol. The fraction of sp³-hybridized carbons (Fsp3) is 0.345. The third-order valence-electron chi connectivity index (χ3n) is 5.92. The van der Waals surface area contributed by atoms with Gasteiger partial charge in [0.05, 0.1) is 12.5 Å². The molecule has 3 N–H and O–H groups in total. The molecule has 0 saturated heterocycles. The summed E-state index contributed by atoms with van der Waals surface area (Å²) < 4.78 is 12.0. The highest BCUT2D eigenvalue weighted by molar-refractivity contribution is 6.00. The first-order chi connectivity index (χ1) is 16.5. The van der Waals surface area contributed by atoms with Crippen molar-refractivity contribution >= 4 is 21.9 Å². The number of rotatable bonds is 7. The molecule has 1 heterocycles. The molecule has 0 amide bonds. The normalized spacial score (nSPS) is 10.9. The standard InChI is InChI=1S/C29H34O6/c1-15(2)8-11-18-21(30)14-22(31)24-26(33)23-19(12-9-16(3)4)25(32)29(34-7)20(13-10-17(5)6)28(23)35-27(18)24/h8-10,14,30-32H,11-13H2,1-7H3. The van der Waals surface area contributed by atoms with Gasteiger partial charge in [0.1, 0.15) is 28.1 Å². The highest BCUT2D eigenvalue weighted by Gasteiger charge is 2.26. The molecule has 6 nitrogen and oxygen atoms in total. The van der Waals surface area contributed by atoms with Crippen LogP contribution in [0.3, 0.4) is 0 Å². The molecule has 0 aliphatic rings. The van der Waals surface area contributed by atoms with Gasteiger partial charge in [0.25, 0.3) is 0 Å². The van der Waals surface area contributed by atoms with E-state index in [1.165, 1.54) is 13.2 Å². The number of benzene rings is 2. The summed E-state index contributed by atoms with van der Waals surface area (Å²) in [7, 11) is 1.47. The van der Waals surface area contributed by atoms with Crippen LogP contribution in [0.25, 0.3) is 21.9 Å². The molecule has 0 fully saturated rings. The number of allylic oxidation sites excluding steroid dienone is 6. The molecule has 3 aromatic rings. The molecule has 0 unspecified atom stereocenters. The van der Waals surface area contributed by atoms with Gasteiger partial charge in [-0.05, 0) is 60.8 Å². The third-order valence-corrected chi connectivity index (χ3v) is 5.92. The van der Waals surface area contributed by atoms with Crippen molar-refractivity contribution in [3.8, 4) is 23.0 Å². The molecule has 186 valence electrons. The number of fused-ring (bicyclic) bond motifs is 2. The Morgan fingerprint density at radius 3 is 1.77 bits per heavy atom.